The second-order valence-corrected chi connectivity index (χ2v) is 4.01. The van der Waals surface area contributed by atoms with Crippen LogP contribution in [0.3, 0.4) is 0 Å². The maximum absolute atomic E-state index is 9.89. The van der Waals surface area contributed by atoms with Crippen LogP contribution in [0.2, 0.25) is 0 Å². The van der Waals surface area contributed by atoms with E-state index in [1.807, 2.05) is 38.1 Å². The fourth-order valence-electron chi connectivity index (χ4n) is 1.37. The van der Waals surface area contributed by atoms with E-state index in [0.29, 0.717) is 5.75 Å². The third kappa shape index (κ3) is 3.22. The zero-order valence-corrected chi connectivity index (χ0v) is 9.47. The molecule has 0 amide bonds. The number of ether oxygens (including phenoxy) is 1. The molecule has 0 aromatic heterocycles. The summed E-state index contributed by atoms with van der Waals surface area (Å²) in [6, 6.07) is 7.14. The van der Waals surface area contributed by atoms with E-state index >= 15 is 0 Å². The van der Waals surface area contributed by atoms with Gasteiger partial charge in [0.05, 0.1) is 12.2 Å². The Morgan fingerprint density at radius 2 is 1.80 bits per heavy atom. The lowest BCUT2D eigenvalue weighted by Crippen LogP contribution is -2.25. The number of aliphatic hydroxyl groups excluding tert-OH is 1. The largest absolute Gasteiger partial charge is 0.491 e. The number of hydrogen-bond donors (Lipinski definition) is 2. The first-order chi connectivity index (χ1) is 7.02. The van der Waals surface area contributed by atoms with Crippen molar-refractivity contribution in [2.45, 2.75) is 39.0 Å². The first kappa shape index (κ1) is 12.0. The molecule has 2 atom stereocenters. The molecular weight excluding hydrogens is 190 g/mol. The molecule has 15 heavy (non-hydrogen) atoms. The average molecular weight is 209 g/mol. The third-order valence-electron chi connectivity index (χ3n) is 2.10. The molecule has 0 aliphatic carbocycles. The van der Waals surface area contributed by atoms with Crippen molar-refractivity contribution in [1.82, 2.24) is 0 Å². The van der Waals surface area contributed by atoms with Crippen LogP contribution in [-0.2, 0) is 0 Å². The Hall–Kier alpha value is -1.06. The van der Waals surface area contributed by atoms with Crippen LogP contribution in [-0.4, -0.2) is 17.3 Å². The summed E-state index contributed by atoms with van der Waals surface area (Å²) in [4.78, 5) is 0. The fourth-order valence-corrected chi connectivity index (χ4v) is 1.37. The second kappa shape index (κ2) is 5.14. The maximum atomic E-state index is 9.89. The van der Waals surface area contributed by atoms with Gasteiger partial charge in [0, 0.05) is 11.6 Å². The van der Waals surface area contributed by atoms with Crippen molar-refractivity contribution >= 4 is 0 Å². The van der Waals surface area contributed by atoms with Gasteiger partial charge in [-0.1, -0.05) is 18.2 Å². The van der Waals surface area contributed by atoms with Gasteiger partial charge in [0.25, 0.3) is 0 Å². The van der Waals surface area contributed by atoms with Gasteiger partial charge in [-0.15, -0.1) is 0 Å². The Morgan fingerprint density at radius 1 is 1.20 bits per heavy atom. The van der Waals surface area contributed by atoms with Gasteiger partial charge in [-0.05, 0) is 26.8 Å². The molecule has 3 nitrogen and oxygen atoms in total. The quantitative estimate of drug-likeness (QED) is 0.795. The predicted octanol–water partition coefficient (Wildman–Crippen LogP) is 1.85. The van der Waals surface area contributed by atoms with Crippen molar-refractivity contribution in [3.8, 4) is 5.75 Å². The van der Waals surface area contributed by atoms with Crippen molar-refractivity contribution in [3.05, 3.63) is 29.8 Å². The van der Waals surface area contributed by atoms with E-state index in [1.54, 1.807) is 6.92 Å². The first-order valence-electron chi connectivity index (χ1n) is 5.21. The van der Waals surface area contributed by atoms with Crippen molar-refractivity contribution in [3.63, 3.8) is 0 Å². The average Bonchev–Trinajstić information content (AvgIpc) is 2.16. The molecule has 0 bridgehead atoms. The van der Waals surface area contributed by atoms with E-state index in [9.17, 15) is 5.11 Å². The van der Waals surface area contributed by atoms with Crippen LogP contribution in [0.5, 0.6) is 5.75 Å². The lowest BCUT2D eigenvalue weighted by atomic mass is 10.0. The minimum absolute atomic E-state index is 0.0893. The number of nitrogens with two attached hydrogens (primary N) is 1. The van der Waals surface area contributed by atoms with Crippen LogP contribution in [0.4, 0.5) is 0 Å². The molecule has 1 aromatic carbocycles. The Labute approximate surface area is 90.9 Å². The number of para-hydroxylation sites is 1. The number of rotatable bonds is 4. The second-order valence-electron chi connectivity index (χ2n) is 4.01. The smallest absolute Gasteiger partial charge is 0.125 e. The zero-order valence-electron chi connectivity index (χ0n) is 9.47. The Bertz CT molecular complexity index is 310. The van der Waals surface area contributed by atoms with Crippen LogP contribution in [0.25, 0.3) is 0 Å². The van der Waals surface area contributed by atoms with E-state index in [0.717, 1.165) is 5.56 Å². The normalized spacial score (nSPS) is 15.1. The highest BCUT2D eigenvalue weighted by Gasteiger charge is 2.17. The summed E-state index contributed by atoms with van der Waals surface area (Å²) in [5, 5.41) is 9.89. The SMILES string of the molecule is CC(C)Oc1ccccc1C(O)C(C)N. The topological polar surface area (TPSA) is 55.5 Å². The van der Waals surface area contributed by atoms with Crippen molar-refractivity contribution in [1.29, 1.82) is 0 Å². The zero-order chi connectivity index (χ0) is 11.4. The summed E-state index contributed by atoms with van der Waals surface area (Å²) in [6.45, 7) is 5.68. The number of aliphatic hydroxyl groups is 1. The minimum Gasteiger partial charge on any atom is -0.491 e. The summed E-state index contributed by atoms with van der Waals surface area (Å²) in [7, 11) is 0. The van der Waals surface area contributed by atoms with E-state index in [-0.39, 0.29) is 12.1 Å². The van der Waals surface area contributed by atoms with E-state index in [1.165, 1.54) is 0 Å². The molecule has 0 radical (unpaired) electrons. The van der Waals surface area contributed by atoms with Gasteiger partial charge < -0.3 is 15.6 Å². The van der Waals surface area contributed by atoms with Crippen LogP contribution < -0.4 is 10.5 Å². The van der Waals surface area contributed by atoms with Gasteiger partial charge in [-0.25, -0.2) is 0 Å². The maximum Gasteiger partial charge on any atom is 0.125 e. The Morgan fingerprint density at radius 3 is 2.33 bits per heavy atom. The highest BCUT2D eigenvalue weighted by Crippen LogP contribution is 2.27. The van der Waals surface area contributed by atoms with Gasteiger partial charge in [0.15, 0.2) is 0 Å². The van der Waals surface area contributed by atoms with Gasteiger partial charge >= 0.3 is 0 Å². The molecule has 1 aromatic rings. The summed E-state index contributed by atoms with van der Waals surface area (Å²) in [5.74, 6) is 0.706. The summed E-state index contributed by atoms with van der Waals surface area (Å²) < 4.78 is 5.60. The van der Waals surface area contributed by atoms with Crippen molar-refractivity contribution in [2.24, 2.45) is 5.73 Å². The molecule has 84 valence electrons. The lowest BCUT2D eigenvalue weighted by molar-refractivity contribution is 0.144. The summed E-state index contributed by atoms with van der Waals surface area (Å²) >= 11 is 0. The van der Waals surface area contributed by atoms with Crippen molar-refractivity contribution < 1.29 is 9.84 Å². The Kier molecular flexibility index (Phi) is 4.12. The molecule has 0 saturated heterocycles. The minimum atomic E-state index is -0.681. The number of benzene rings is 1. The molecular formula is C12H19NO2. The van der Waals surface area contributed by atoms with E-state index in [2.05, 4.69) is 0 Å². The molecule has 1 rings (SSSR count). The third-order valence-corrected chi connectivity index (χ3v) is 2.10. The molecule has 0 heterocycles. The molecule has 0 fully saturated rings. The Balaban J connectivity index is 2.95. The standard InChI is InChI=1S/C12H19NO2/c1-8(2)15-11-7-5-4-6-10(11)12(14)9(3)13/h4-9,12,14H,13H2,1-3H3. The van der Waals surface area contributed by atoms with Crippen LogP contribution >= 0.6 is 0 Å². The first-order valence-corrected chi connectivity index (χ1v) is 5.21. The monoisotopic (exact) mass is 209 g/mol. The van der Waals surface area contributed by atoms with E-state index in [4.69, 9.17) is 10.5 Å². The highest BCUT2D eigenvalue weighted by atomic mass is 16.5. The molecule has 0 saturated carbocycles. The van der Waals surface area contributed by atoms with Gasteiger partial charge in [0.1, 0.15) is 5.75 Å². The van der Waals surface area contributed by atoms with Gasteiger partial charge in [-0.3, -0.25) is 0 Å². The lowest BCUT2D eigenvalue weighted by Gasteiger charge is -2.20. The van der Waals surface area contributed by atoms with Gasteiger partial charge in [0.2, 0.25) is 0 Å². The summed E-state index contributed by atoms with van der Waals surface area (Å²) in [6.07, 6.45) is -0.591. The molecule has 0 aliphatic heterocycles. The van der Waals surface area contributed by atoms with Crippen LogP contribution in [0.15, 0.2) is 24.3 Å². The molecule has 3 N–H and O–H groups in total. The summed E-state index contributed by atoms with van der Waals surface area (Å²) in [5.41, 5.74) is 6.41. The van der Waals surface area contributed by atoms with Crippen LogP contribution in [0.1, 0.15) is 32.4 Å². The van der Waals surface area contributed by atoms with Crippen LogP contribution in [0, 0.1) is 0 Å². The van der Waals surface area contributed by atoms with Gasteiger partial charge in [-0.2, -0.15) is 0 Å². The molecule has 0 spiro atoms. The van der Waals surface area contributed by atoms with E-state index < -0.39 is 6.10 Å². The molecule has 3 heteroatoms. The number of hydrogen-bond acceptors (Lipinski definition) is 3. The fraction of sp³-hybridized carbons (Fsp3) is 0.500. The molecule has 2 unspecified atom stereocenters. The highest BCUT2D eigenvalue weighted by molar-refractivity contribution is 5.35. The predicted molar refractivity (Wildman–Crippen MR) is 60.8 cm³/mol. The molecule has 0 aliphatic rings. The van der Waals surface area contributed by atoms with Crippen molar-refractivity contribution in [2.75, 3.05) is 0 Å².